The summed E-state index contributed by atoms with van der Waals surface area (Å²) in [5.74, 6) is 1.43. The fourth-order valence-corrected chi connectivity index (χ4v) is 3.86. The molecule has 0 radical (unpaired) electrons. The highest BCUT2D eigenvalue weighted by atomic mass is 15.1. The molecule has 0 amide bonds. The molecule has 4 aromatic rings. The second-order valence-electron chi connectivity index (χ2n) is 7.21. The molecule has 1 aliphatic carbocycles. The molecule has 1 fully saturated rings. The van der Waals surface area contributed by atoms with Crippen LogP contribution in [-0.2, 0) is 5.54 Å². The average Bonchev–Trinajstić information content (AvgIpc) is 3.30. The van der Waals surface area contributed by atoms with Crippen LogP contribution in [0.25, 0.3) is 27.9 Å². The van der Waals surface area contributed by atoms with Crippen molar-refractivity contribution in [1.82, 2.24) is 24.5 Å². The van der Waals surface area contributed by atoms with Gasteiger partial charge < -0.3 is 16.5 Å². The molecule has 1 aromatic carbocycles. The number of H-pyrrole nitrogens is 1. The number of nitrogens with two attached hydrogens (primary N) is 2. The molecule has 132 valence electrons. The fraction of sp³-hybridized carbons (Fsp3) is 0.316. The second kappa shape index (κ2) is 5.62. The highest BCUT2D eigenvalue weighted by Crippen LogP contribution is 2.34. The number of para-hydroxylation sites is 1. The van der Waals surface area contributed by atoms with E-state index >= 15 is 0 Å². The molecule has 5 N–H and O–H groups in total. The number of aromatic amines is 1. The summed E-state index contributed by atoms with van der Waals surface area (Å²) in [4.78, 5) is 17.1. The van der Waals surface area contributed by atoms with Gasteiger partial charge in [0, 0.05) is 12.2 Å². The Hall–Kier alpha value is -2.77. The van der Waals surface area contributed by atoms with Crippen LogP contribution in [0.4, 0.5) is 0 Å². The van der Waals surface area contributed by atoms with E-state index in [2.05, 4.69) is 37.7 Å². The van der Waals surface area contributed by atoms with E-state index in [-0.39, 0.29) is 6.04 Å². The minimum Gasteiger partial charge on any atom is -0.340 e. The van der Waals surface area contributed by atoms with Gasteiger partial charge in [0.15, 0.2) is 17.3 Å². The van der Waals surface area contributed by atoms with Crippen LogP contribution in [0.3, 0.4) is 0 Å². The van der Waals surface area contributed by atoms with Crippen LogP contribution in [0.15, 0.2) is 42.9 Å². The topological polar surface area (TPSA) is 111 Å². The number of benzene rings is 1. The summed E-state index contributed by atoms with van der Waals surface area (Å²) >= 11 is 0. The number of hydrogen-bond acceptors (Lipinski definition) is 5. The lowest BCUT2D eigenvalue weighted by atomic mass is 9.80. The zero-order chi connectivity index (χ0) is 17.7. The van der Waals surface area contributed by atoms with Crippen molar-refractivity contribution in [2.75, 3.05) is 0 Å². The molecule has 1 aliphatic rings. The summed E-state index contributed by atoms with van der Waals surface area (Å²) in [7, 11) is 0. The molecular formula is C19H21N7. The third-order valence-corrected chi connectivity index (χ3v) is 5.46. The monoisotopic (exact) mass is 347 g/mol. The van der Waals surface area contributed by atoms with Crippen molar-refractivity contribution >= 4 is 22.1 Å². The van der Waals surface area contributed by atoms with Gasteiger partial charge in [-0.3, -0.25) is 4.57 Å². The van der Waals surface area contributed by atoms with Gasteiger partial charge in [-0.05, 0) is 43.2 Å². The summed E-state index contributed by atoms with van der Waals surface area (Å²) in [5, 5.41) is 1.16. The van der Waals surface area contributed by atoms with E-state index < -0.39 is 5.54 Å². The number of nitrogens with one attached hydrogen (secondary N) is 1. The standard InChI is InChI=1S/C19H21N7/c20-13-5-8-19(21,9-6-13)18-24-16-15(22-11-23-16)17(25-18)26-10-7-12-3-1-2-4-14(12)26/h1-4,7,10-11,13H,5-6,8-9,20-21H2,(H,22,23,24,25). The third-order valence-electron chi connectivity index (χ3n) is 5.46. The molecule has 7 heteroatoms. The minimum absolute atomic E-state index is 0.216. The fourth-order valence-electron chi connectivity index (χ4n) is 3.86. The number of imidazole rings is 1. The maximum atomic E-state index is 6.71. The Morgan fingerprint density at radius 3 is 2.77 bits per heavy atom. The quantitative estimate of drug-likeness (QED) is 0.515. The zero-order valence-electron chi connectivity index (χ0n) is 14.4. The first kappa shape index (κ1) is 15.5. The molecule has 0 bridgehead atoms. The lowest BCUT2D eigenvalue weighted by Crippen LogP contribution is -2.45. The second-order valence-corrected chi connectivity index (χ2v) is 7.21. The van der Waals surface area contributed by atoms with Crippen LogP contribution in [-0.4, -0.2) is 30.5 Å². The average molecular weight is 347 g/mol. The normalized spacial score (nSPS) is 23.7. The van der Waals surface area contributed by atoms with Crippen LogP contribution in [0.1, 0.15) is 31.5 Å². The molecule has 0 aliphatic heterocycles. The van der Waals surface area contributed by atoms with Crippen LogP contribution in [0, 0.1) is 0 Å². The smallest absolute Gasteiger partial charge is 0.183 e. The van der Waals surface area contributed by atoms with Gasteiger partial charge in [-0.2, -0.15) is 0 Å². The molecule has 7 nitrogen and oxygen atoms in total. The summed E-state index contributed by atoms with van der Waals surface area (Å²) in [6, 6.07) is 10.5. The zero-order valence-corrected chi connectivity index (χ0v) is 14.4. The Morgan fingerprint density at radius 1 is 1.12 bits per heavy atom. The van der Waals surface area contributed by atoms with E-state index in [1.54, 1.807) is 6.33 Å². The number of aromatic nitrogens is 5. The first-order valence-corrected chi connectivity index (χ1v) is 8.97. The number of fused-ring (bicyclic) bond motifs is 2. The SMILES string of the molecule is NC1CCC(N)(c2nc(-n3ccc4ccccc43)c3[nH]cnc3n2)CC1. The van der Waals surface area contributed by atoms with Gasteiger partial charge >= 0.3 is 0 Å². The Bertz CT molecular complexity index is 1090. The predicted molar refractivity (Wildman–Crippen MR) is 101 cm³/mol. The number of rotatable bonds is 2. The largest absolute Gasteiger partial charge is 0.340 e. The van der Waals surface area contributed by atoms with E-state index in [1.165, 1.54) is 0 Å². The Morgan fingerprint density at radius 2 is 1.92 bits per heavy atom. The lowest BCUT2D eigenvalue weighted by Gasteiger charge is -2.34. The molecule has 3 heterocycles. The van der Waals surface area contributed by atoms with E-state index in [0.29, 0.717) is 11.5 Å². The Balaban J connectivity index is 1.71. The Kier molecular flexibility index (Phi) is 3.35. The van der Waals surface area contributed by atoms with Gasteiger partial charge in [-0.1, -0.05) is 18.2 Å². The van der Waals surface area contributed by atoms with Crippen molar-refractivity contribution in [2.45, 2.75) is 37.3 Å². The molecular weight excluding hydrogens is 326 g/mol. The van der Waals surface area contributed by atoms with E-state index in [9.17, 15) is 0 Å². The third kappa shape index (κ3) is 2.32. The molecule has 5 rings (SSSR count). The van der Waals surface area contributed by atoms with Crippen molar-refractivity contribution in [3.8, 4) is 5.82 Å². The number of nitrogens with zero attached hydrogens (tertiary/aromatic N) is 4. The highest BCUT2D eigenvalue weighted by molar-refractivity contribution is 5.86. The maximum Gasteiger partial charge on any atom is 0.183 e. The first-order valence-electron chi connectivity index (χ1n) is 8.97. The highest BCUT2D eigenvalue weighted by Gasteiger charge is 2.35. The van der Waals surface area contributed by atoms with Crippen molar-refractivity contribution in [3.63, 3.8) is 0 Å². The van der Waals surface area contributed by atoms with Crippen LogP contribution in [0.5, 0.6) is 0 Å². The van der Waals surface area contributed by atoms with Gasteiger partial charge in [0.2, 0.25) is 0 Å². The maximum absolute atomic E-state index is 6.71. The molecule has 0 saturated heterocycles. The van der Waals surface area contributed by atoms with Crippen molar-refractivity contribution < 1.29 is 0 Å². The summed E-state index contributed by atoms with van der Waals surface area (Å²) in [6.07, 6.45) is 7.03. The van der Waals surface area contributed by atoms with Crippen molar-refractivity contribution in [3.05, 3.63) is 48.7 Å². The van der Waals surface area contributed by atoms with Gasteiger partial charge in [0.1, 0.15) is 5.52 Å². The van der Waals surface area contributed by atoms with Crippen LogP contribution < -0.4 is 11.5 Å². The van der Waals surface area contributed by atoms with Gasteiger partial charge in [0.25, 0.3) is 0 Å². The molecule has 3 aromatic heterocycles. The van der Waals surface area contributed by atoms with Crippen LogP contribution in [0.2, 0.25) is 0 Å². The lowest BCUT2D eigenvalue weighted by molar-refractivity contribution is 0.265. The van der Waals surface area contributed by atoms with Gasteiger partial charge in [-0.15, -0.1) is 0 Å². The molecule has 0 atom stereocenters. The summed E-state index contributed by atoms with van der Waals surface area (Å²) in [5.41, 5.74) is 14.8. The van der Waals surface area contributed by atoms with Gasteiger partial charge in [0.05, 0.1) is 17.4 Å². The van der Waals surface area contributed by atoms with Gasteiger partial charge in [-0.25, -0.2) is 15.0 Å². The summed E-state index contributed by atoms with van der Waals surface area (Å²) in [6.45, 7) is 0. The molecule has 0 spiro atoms. The first-order chi connectivity index (χ1) is 12.6. The van der Waals surface area contributed by atoms with E-state index in [0.717, 1.165) is 47.9 Å². The van der Waals surface area contributed by atoms with E-state index in [1.807, 2.05) is 18.3 Å². The van der Waals surface area contributed by atoms with E-state index in [4.69, 9.17) is 16.5 Å². The summed E-state index contributed by atoms with van der Waals surface area (Å²) < 4.78 is 2.07. The van der Waals surface area contributed by atoms with Crippen LogP contribution >= 0.6 is 0 Å². The predicted octanol–water partition coefficient (Wildman–Crippen LogP) is 2.35. The van der Waals surface area contributed by atoms with Crippen molar-refractivity contribution in [1.29, 1.82) is 0 Å². The number of hydrogen-bond donors (Lipinski definition) is 3. The van der Waals surface area contributed by atoms with Crippen molar-refractivity contribution in [2.24, 2.45) is 11.5 Å². The molecule has 0 unspecified atom stereocenters. The molecule has 1 saturated carbocycles. The minimum atomic E-state index is -0.555. The Labute approximate surface area is 150 Å². The molecule has 26 heavy (non-hydrogen) atoms.